The van der Waals surface area contributed by atoms with E-state index in [1.165, 1.54) is 6.07 Å². The first-order chi connectivity index (χ1) is 13.1. The molecule has 5 heteroatoms. The van der Waals surface area contributed by atoms with Crippen molar-refractivity contribution in [3.63, 3.8) is 0 Å². The predicted octanol–water partition coefficient (Wildman–Crippen LogP) is 4.49. The number of carbonyl (C=O) groups excluding carboxylic acids is 1. The number of benzene rings is 2. The Labute approximate surface area is 159 Å². The van der Waals surface area contributed by atoms with Gasteiger partial charge in [-0.15, -0.1) is 0 Å². The van der Waals surface area contributed by atoms with E-state index < -0.39 is 11.6 Å². The summed E-state index contributed by atoms with van der Waals surface area (Å²) in [7, 11) is 0. The van der Waals surface area contributed by atoms with E-state index in [2.05, 4.69) is 12.2 Å². The monoisotopic (exact) mass is 372 g/mol. The summed E-state index contributed by atoms with van der Waals surface area (Å²) < 4.78 is 26.6. The second-order valence-electron chi connectivity index (χ2n) is 7.20. The van der Waals surface area contributed by atoms with E-state index in [4.69, 9.17) is 0 Å². The normalized spacial score (nSPS) is 17.7. The van der Waals surface area contributed by atoms with Gasteiger partial charge in [0.1, 0.15) is 0 Å². The van der Waals surface area contributed by atoms with E-state index >= 15 is 0 Å². The van der Waals surface area contributed by atoms with E-state index in [-0.39, 0.29) is 11.8 Å². The third-order valence-corrected chi connectivity index (χ3v) is 5.21. The Bertz CT molecular complexity index is 766. The van der Waals surface area contributed by atoms with Gasteiger partial charge in [-0.05, 0) is 36.5 Å². The molecule has 0 saturated carbocycles. The summed E-state index contributed by atoms with van der Waals surface area (Å²) >= 11 is 0. The van der Waals surface area contributed by atoms with Gasteiger partial charge in [0.2, 0.25) is 5.91 Å². The van der Waals surface area contributed by atoms with Crippen molar-refractivity contribution in [1.29, 1.82) is 0 Å². The molecular formula is C22H26F2N2O. The molecule has 2 unspecified atom stereocenters. The van der Waals surface area contributed by atoms with Gasteiger partial charge in [0, 0.05) is 31.4 Å². The molecule has 1 saturated heterocycles. The van der Waals surface area contributed by atoms with Crippen molar-refractivity contribution in [1.82, 2.24) is 5.32 Å². The average molecular weight is 372 g/mol. The van der Waals surface area contributed by atoms with Crippen molar-refractivity contribution in [2.75, 3.05) is 24.5 Å². The van der Waals surface area contributed by atoms with Crippen molar-refractivity contribution >= 4 is 11.6 Å². The summed E-state index contributed by atoms with van der Waals surface area (Å²) in [5, 5.41) is 3.10. The molecule has 2 aromatic rings. The zero-order chi connectivity index (χ0) is 19.2. The minimum atomic E-state index is -0.829. The molecular weight excluding hydrogens is 346 g/mol. The van der Waals surface area contributed by atoms with Gasteiger partial charge in [0.15, 0.2) is 11.6 Å². The minimum absolute atomic E-state index is 0.0642. The van der Waals surface area contributed by atoms with Gasteiger partial charge in [-0.3, -0.25) is 4.79 Å². The molecule has 0 radical (unpaired) electrons. The molecule has 2 atom stereocenters. The Hall–Kier alpha value is -2.43. The van der Waals surface area contributed by atoms with E-state index in [1.807, 2.05) is 35.2 Å². The lowest BCUT2D eigenvalue weighted by molar-refractivity contribution is -0.122. The fourth-order valence-corrected chi connectivity index (χ4v) is 3.71. The highest BCUT2D eigenvalue weighted by atomic mass is 19.2. The summed E-state index contributed by atoms with van der Waals surface area (Å²) in [4.78, 5) is 14.7. The number of nitrogens with one attached hydrogen (secondary N) is 1. The highest BCUT2D eigenvalue weighted by molar-refractivity contribution is 5.83. The van der Waals surface area contributed by atoms with Gasteiger partial charge in [-0.1, -0.05) is 43.7 Å². The second kappa shape index (κ2) is 8.98. The molecule has 1 N–H and O–H groups in total. The zero-order valence-corrected chi connectivity index (χ0v) is 15.6. The lowest BCUT2D eigenvalue weighted by atomic mass is 9.93. The van der Waals surface area contributed by atoms with Crippen LogP contribution in [0.4, 0.5) is 14.5 Å². The van der Waals surface area contributed by atoms with Gasteiger partial charge >= 0.3 is 0 Å². The van der Waals surface area contributed by atoms with Crippen LogP contribution in [-0.4, -0.2) is 25.5 Å². The van der Waals surface area contributed by atoms with Crippen molar-refractivity contribution in [2.45, 2.75) is 32.1 Å². The summed E-state index contributed by atoms with van der Waals surface area (Å²) in [6, 6.07) is 13.9. The van der Waals surface area contributed by atoms with Crippen LogP contribution in [0.1, 0.15) is 37.7 Å². The van der Waals surface area contributed by atoms with E-state index in [0.29, 0.717) is 18.2 Å². The molecule has 2 aromatic carbocycles. The van der Waals surface area contributed by atoms with Crippen molar-refractivity contribution in [3.8, 4) is 0 Å². The van der Waals surface area contributed by atoms with Crippen LogP contribution in [0.25, 0.3) is 0 Å². The average Bonchev–Trinajstić information content (AvgIpc) is 3.16. The number of hydrogen-bond acceptors (Lipinski definition) is 2. The topological polar surface area (TPSA) is 32.3 Å². The van der Waals surface area contributed by atoms with Crippen LogP contribution >= 0.6 is 0 Å². The molecule has 1 fully saturated rings. The Morgan fingerprint density at radius 2 is 1.96 bits per heavy atom. The van der Waals surface area contributed by atoms with Crippen LogP contribution in [0, 0.1) is 17.6 Å². The largest absolute Gasteiger partial charge is 0.371 e. The summed E-state index contributed by atoms with van der Waals surface area (Å²) in [6.07, 6.45) is 2.69. The maximum Gasteiger partial charge on any atom is 0.227 e. The quantitative estimate of drug-likeness (QED) is 0.777. The second-order valence-corrected chi connectivity index (χ2v) is 7.20. The molecule has 1 aliphatic rings. The van der Waals surface area contributed by atoms with Crippen LogP contribution < -0.4 is 10.2 Å². The zero-order valence-electron chi connectivity index (χ0n) is 15.6. The van der Waals surface area contributed by atoms with Gasteiger partial charge in [-0.25, -0.2) is 8.78 Å². The highest BCUT2D eigenvalue weighted by Gasteiger charge is 2.25. The smallest absolute Gasteiger partial charge is 0.227 e. The third kappa shape index (κ3) is 4.85. The number of nitrogens with zero attached hydrogens (tertiary/aromatic N) is 1. The fourth-order valence-electron chi connectivity index (χ4n) is 3.71. The highest BCUT2D eigenvalue weighted by Crippen LogP contribution is 2.26. The van der Waals surface area contributed by atoms with Crippen molar-refractivity contribution < 1.29 is 13.6 Å². The van der Waals surface area contributed by atoms with Crippen LogP contribution in [0.2, 0.25) is 0 Å². The fraction of sp³-hybridized carbons (Fsp3) is 0.409. The van der Waals surface area contributed by atoms with Gasteiger partial charge in [-0.2, -0.15) is 0 Å². The number of halogens is 2. The molecule has 3 rings (SSSR count). The lowest BCUT2D eigenvalue weighted by Gasteiger charge is -2.20. The maximum absolute atomic E-state index is 13.4. The van der Waals surface area contributed by atoms with Gasteiger partial charge in [0.25, 0.3) is 0 Å². The third-order valence-electron chi connectivity index (χ3n) is 5.21. The van der Waals surface area contributed by atoms with Gasteiger partial charge < -0.3 is 10.2 Å². The Morgan fingerprint density at radius 1 is 1.19 bits per heavy atom. The van der Waals surface area contributed by atoms with Crippen LogP contribution in [0.15, 0.2) is 48.5 Å². The molecule has 0 aliphatic carbocycles. The summed E-state index contributed by atoms with van der Waals surface area (Å²) in [6.45, 7) is 4.20. The Morgan fingerprint density at radius 3 is 2.67 bits per heavy atom. The van der Waals surface area contributed by atoms with Crippen LogP contribution in [-0.2, 0) is 4.79 Å². The number of carbonyl (C=O) groups is 1. The Kier molecular flexibility index (Phi) is 6.43. The molecule has 144 valence electrons. The first-order valence-corrected chi connectivity index (χ1v) is 9.61. The molecule has 0 bridgehead atoms. The maximum atomic E-state index is 13.4. The molecule has 0 aromatic heterocycles. The molecule has 1 heterocycles. The van der Waals surface area contributed by atoms with Crippen LogP contribution in [0.3, 0.4) is 0 Å². The summed E-state index contributed by atoms with van der Waals surface area (Å²) in [5.41, 5.74) is 1.74. The lowest BCUT2D eigenvalue weighted by Crippen LogP contribution is -2.34. The van der Waals surface area contributed by atoms with E-state index in [9.17, 15) is 13.6 Å². The number of rotatable bonds is 7. The first kappa shape index (κ1) is 19.3. The molecule has 1 aliphatic heterocycles. The van der Waals surface area contributed by atoms with E-state index in [0.717, 1.165) is 44.0 Å². The number of amides is 1. The van der Waals surface area contributed by atoms with Crippen molar-refractivity contribution in [3.05, 3.63) is 65.7 Å². The summed E-state index contributed by atoms with van der Waals surface area (Å²) in [5.74, 6) is -1.41. The Balaban J connectivity index is 1.55. The standard InChI is InChI=1S/C22H26F2N2O/c1-2-6-19(17-7-4-3-5-8-17)22(27)25-14-16-11-12-26(15-16)18-9-10-20(23)21(24)13-18/h3-5,7-10,13,16,19H,2,6,11-12,14-15H2,1H3,(H,25,27). The molecule has 1 amide bonds. The first-order valence-electron chi connectivity index (χ1n) is 9.61. The number of hydrogen-bond donors (Lipinski definition) is 1. The van der Waals surface area contributed by atoms with Crippen molar-refractivity contribution in [2.24, 2.45) is 5.92 Å². The minimum Gasteiger partial charge on any atom is -0.371 e. The number of anilines is 1. The van der Waals surface area contributed by atoms with Gasteiger partial charge in [0.05, 0.1) is 5.92 Å². The van der Waals surface area contributed by atoms with Crippen LogP contribution in [0.5, 0.6) is 0 Å². The molecule has 0 spiro atoms. The molecule has 27 heavy (non-hydrogen) atoms. The van der Waals surface area contributed by atoms with E-state index in [1.54, 1.807) is 6.07 Å². The SMILES string of the molecule is CCCC(C(=O)NCC1CCN(c2ccc(F)c(F)c2)C1)c1ccccc1. The predicted molar refractivity (Wildman–Crippen MR) is 104 cm³/mol. The molecule has 3 nitrogen and oxygen atoms in total.